The van der Waals surface area contributed by atoms with Crippen LogP contribution in [0.1, 0.15) is 30.9 Å². The lowest BCUT2D eigenvalue weighted by molar-refractivity contribution is 0.575. The van der Waals surface area contributed by atoms with Crippen molar-refractivity contribution in [2.75, 3.05) is 6.54 Å². The van der Waals surface area contributed by atoms with E-state index in [0.29, 0.717) is 0 Å². The van der Waals surface area contributed by atoms with Crippen LogP contribution in [0.2, 0.25) is 0 Å². The van der Waals surface area contributed by atoms with Crippen molar-refractivity contribution >= 4 is 0 Å². The lowest BCUT2D eigenvalue weighted by Gasteiger charge is -2.08. The van der Waals surface area contributed by atoms with Gasteiger partial charge in [-0.3, -0.25) is 9.36 Å². The summed E-state index contributed by atoms with van der Waals surface area (Å²) in [4.78, 5) is 0. The summed E-state index contributed by atoms with van der Waals surface area (Å²) >= 11 is 0. The fourth-order valence-electron chi connectivity index (χ4n) is 1.95. The molecule has 2 aromatic rings. The van der Waals surface area contributed by atoms with Gasteiger partial charge < -0.3 is 5.32 Å². The second-order valence-corrected chi connectivity index (χ2v) is 4.36. The molecule has 0 bridgehead atoms. The first-order chi connectivity index (χ1) is 8.74. The van der Waals surface area contributed by atoms with Gasteiger partial charge in [0, 0.05) is 19.8 Å². The van der Waals surface area contributed by atoms with Crippen LogP contribution in [-0.4, -0.2) is 26.1 Å². The minimum Gasteiger partial charge on any atom is -0.311 e. The monoisotopic (exact) mass is 247 g/mol. The van der Waals surface area contributed by atoms with Crippen LogP contribution < -0.4 is 5.32 Å². The van der Waals surface area contributed by atoms with Gasteiger partial charge in [0.05, 0.1) is 23.6 Å². The summed E-state index contributed by atoms with van der Waals surface area (Å²) in [6, 6.07) is 4.21. The Morgan fingerprint density at radius 3 is 2.78 bits per heavy atom. The molecule has 0 aliphatic heterocycles. The molecular weight excluding hydrogens is 226 g/mol. The largest absolute Gasteiger partial charge is 0.311 e. The highest BCUT2D eigenvalue weighted by Crippen LogP contribution is 2.08. The summed E-state index contributed by atoms with van der Waals surface area (Å²) in [7, 11) is 1.99. The van der Waals surface area contributed by atoms with Gasteiger partial charge in [0.25, 0.3) is 0 Å². The van der Waals surface area contributed by atoms with Crippen LogP contribution in [-0.2, 0) is 26.6 Å². The lowest BCUT2D eigenvalue weighted by Crippen LogP contribution is -2.17. The van der Waals surface area contributed by atoms with Crippen molar-refractivity contribution in [1.29, 1.82) is 0 Å². The molecule has 0 radical (unpaired) electrons. The maximum absolute atomic E-state index is 4.46. The number of nitrogens with one attached hydrogen (secondary N) is 1. The van der Waals surface area contributed by atoms with Crippen LogP contribution in [0.15, 0.2) is 18.3 Å². The standard InChI is InChI=1S/C13H21N5/c1-4-11-8-13(17(3)16-11)10-18-12(6-7-15-18)9-14-5-2/h6-8,14H,4-5,9-10H2,1-3H3. The first-order valence-corrected chi connectivity index (χ1v) is 6.47. The zero-order valence-electron chi connectivity index (χ0n) is 11.3. The van der Waals surface area contributed by atoms with E-state index in [4.69, 9.17) is 0 Å². The van der Waals surface area contributed by atoms with Gasteiger partial charge in [-0.05, 0) is 25.1 Å². The molecule has 0 saturated heterocycles. The third kappa shape index (κ3) is 2.79. The quantitative estimate of drug-likeness (QED) is 0.838. The summed E-state index contributed by atoms with van der Waals surface area (Å²) in [6.45, 7) is 6.83. The first-order valence-electron chi connectivity index (χ1n) is 6.47. The third-order valence-electron chi connectivity index (χ3n) is 3.06. The summed E-state index contributed by atoms with van der Waals surface area (Å²) in [5, 5.41) is 12.2. The zero-order chi connectivity index (χ0) is 13.0. The van der Waals surface area contributed by atoms with E-state index in [1.807, 2.05) is 22.6 Å². The molecule has 0 saturated carbocycles. The molecule has 0 spiro atoms. The molecule has 5 nitrogen and oxygen atoms in total. The van der Waals surface area contributed by atoms with E-state index in [2.05, 4.69) is 41.5 Å². The Bertz CT molecular complexity index is 497. The molecule has 0 aromatic carbocycles. The van der Waals surface area contributed by atoms with E-state index in [0.717, 1.165) is 31.7 Å². The molecule has 0 unspecified atom stereocenters. The average molecular weight is 247 g/mol. The number of hydrogen-bond donors (Lipinski definition) is 1. The molecule has 0 aliphatic carbocycles. The van der Waals surface area contributed by atoms with E-state index >= 15 is 0 Å². The van der Waals surface area contributed by atoms with Crippen LogP contribution in [0, 0.1) is 0 Å². The van der Waals surface area contributed by atoms with Gasteiger partial charge in [0.15, 0.2) is 0 Å². The number of aromatic nitrogens is 4. The van der Waals surface area contributed by atoms with Gasteiger partial charge >= 0.3 is 0 Å². The highest BCUT2D eigenvalue weighted by molar-refractivity contribution is 5.12. The second kappa shape index (κ2) is 5.82. The van der Waals surface area contributed by atoms with E-state index in [9.17, 15) is 0 Å². The van der Waals surface area contributed by atoms with E-state index in [1.165, 1.54) is 11.4 Å². The Labute approximate surface area is 108 Å². The molecule has 1 N–H and O–H groups in total. The summed E-state index contributed by atoms with van der Waals surface area (Å²) in [5.74, 6) is 0. The smallest absolute Gasteiger partial charge is 0.0831 e. The third-order valence-corrected chi connectivity index (χ3v) is 3.06. The lowest BCUT2D eigenvalue weighted by atomic mass is 10.3. The highest BCUT2D eigenvalue weighted by Gasteiger charge is 2.07. The van der Waals surface area contributed by atoms with Crippen molar-refractivity contribution in [3.8, 4) is 0 Å². The Hall–Kier alpha value is -1.62. The Morgan fingerprint density at radius 1 is 1.28 bits per heavy atom. The van der Waals surface area contributed by atoms with Gasteiger partial charge in [-0.15, -0.1) is 0 Å². The number of rotatable bonds is 6. The first kappa shape index (κ1) is 12.8. The summed E-state index contributed by atoms with van der Waals surface area (Å²) in [5.41, 5.74) is 3.53. The van der Waals surface area contributed by atoms with Gasteiger partial charge in [0.2, 0.25) is 0 Å². The van der Waals surface area contributed by atoms with Crippen LogP contribution in [0.4, 0.5) is 0 Å². The maximum atomic E-state index is 4.46. The van der Waals surface area contributed by atoms with Gasteiger partial charge in [0.1, 0.15) is 0 Å². The molecule has 5 heteroatoms. The van der Waals surface area contributed by atoms with Gasteiger partial charge in [-0.25, -0.2) is 0 Å². The van der Waals surface area contributed by atoms with Crippen molar-refractivity contribution in [3.05, 3.63) is 35.4 Å². The predicted molar refractivity (Wildman–Crippen MR) is 71.3 cm³/mol. The fraction of sp³-hybridized carbons (Fsp3) is 0.538. The number of hydrogen-bond acceptors (Lipinski definition) is 3. The molecule has 0 amide bonds. The molecule has 0 atom stereocenters. The molecule has 0 aliphatic rings. The van der Waals surface area contributed by atoms with Gasteiger partial charge in [-0.2, -0.15) is 10.2 Å². The second-order valence-electron chi connectivity index (χ2n) is 4.36. The topological polar surface area (TPSA) is 47.7 Å². The van der Waals surface area contributed by atoms with Crippen molar-refractivity contribution in [3.63, 3.8) is 0 Å². The van der Waals surface area contributed by atoms with Gasteiger partial charge in [-0.1, -0.05) is 13.8 Å². The maximum Gasteiger partial charge on any atom is 0.0831 e. The van der Waals surface area contributed by atoms with Crippen molar-refractivity contribution in [1.82, 2.24) is 24.9 Å². The van der Waals surface area contributed by atoms with Crippen LogP contribution >= 0.6 is 0 Å². The highest BCUT2D eigenvalue weighted by atomic mass is 15.3. The molecular formula is C13H21N5. The van der Waals surface area contributed by atoms with Crippen molar-refractivity contribution in [2.45, 2.75) is 33.4 Å². The van der Waals surface area contributed by atoms with E-state index in [-0.39, 0.29) is 0 Å². The molecule has 2 aromatic heterocycles. The average Bonchev–Trinajstić information content (AvgIpc) is 2.95. The molecule has 98 valence electrons. The minimum absolute atomic E-state index is 0.775. The Morgan fingerprint density at radius 2 is 2.11 bits per heavy atom. The normalized spacial score (nSPS) is 11.1. The molecule has 2 heterocycles. The predicted octanol–water partition coefficient (Wildman–Crippen LogP) is 1.34. The molecule has 2 rings (SSSR count). The summed E-state index contributed by atoms with van der Waals surface area (Å²) in [6.07, 6.45) is 2.82. The fourth-order valence-corrected chi connectivity index (χ4v) is 1.95. The van der Waals surface area contributed by atoms with Crippen molar-refractivity contribution in [2.24, 2.45) is 7.05 Å². The minimum atomic E-state index is 0.775. The van der Waals surface area contributed by atoms with Crippen LogP contribution in [0.3, 0.4) is 0 Å². The van der Waals surface area contributed by atoms with E-state index in [1.54, 1.807) is 0 Å². The Balaban J connectivity index is 2.12. The van der Waals surface area contributed by atoms with Crippen LogP contribution in [0.5, 0.6) is 0 Å². The molecule has 0 fully saturated rings. The number of aryl methyl sites for hydroxylation is 2. The Kier molecular flexibility index (Phi) is 4.15. The SMILES string of the molecule is CCNCc1ccnn1Cc1cc(CC)nn1C. The van der Waals surface area contributed by atoms with Crippen molar-refractivity contribution < 1.29 is 0 Å². The van der Waals surface area contributed by atoms with E-state index < -0.39 is 0 Å². The number of nitrogens with zero attached hydrogens (tertiary/aromatic N) is 4. The zero-order valence-corrected chi connectivity index (χ0v) is 11.3. The summed E-state index contributed by atoms with van der Waals surface area (Å²) < 4.78 is 3.97. The molecule has 18 heavy (non-hydrogen) atoms. The van der Waals surface area contributed by atoms with Crippen LogP contribution in [0.25, 0.3) is 0 Å².